The van der Waals surface area contributed by atoms with Gasteiger partial charge < -0.3 is 4.74 Å². The highest BCUT2D eigenvalue weighted by Crippen LogP contribution is 2.30. The Labute approximate surface area is 134 Å². The van der Waals surface area contributed by atoms with E-state index in [1.165, 1.54) is 11.3 Å². The zero-order chi connectivity index (χ0) is 14.7. The molecule has 0 aliphatic heterocycles. The van der Waals surface area contributed by atoms with Gasteiger partial charge >= 0.3 is 0 Å². The Kier molecular flexibility index (Phi) is 5.04. The summed E-state index contributed by atoms with van der Waals surface area (Å²) < 4.78 is 6.58. The van der Waals surface area contributed by atoms with Crippen LogP contribution in [0.15, 0.2) is 28.7 Å². The Bertz CT molecular complexity index is 645. The molecule has 1 aromatic heterocycles. The average Bonchev–Trinajstić information content (AvgIpc) is 2.80. The smallest absolute Gasteiger partial charge is 0.275 e. The number of aryl methyl sites for hydroxylation is 1. The van der Waals surface area contributed by atoms with Crippen molar-refractivity contribution in [1.29, 1.82) is 0 Å². The van der Waals surface area contributed by atoms with Crippen LogP contribution in [0.1, 0.15) is 20.1 Å². The fourth-order valence-electron chi connectivity index (χ4n) is 1.59. The van der Waals surface area contributed by atoms with Crippen LogP contribution in [0.2, 0.25) is 5.02 Å². The van der Waals surface area contributed by atoms with Gasteiger partial charge in [-0.25, -0.2) is 5.84 Å². The second-order valence-electron chi connectivity index (χ2n) is 4.03. The first-order valence-electron chi connectivity index (χ1n) is 5.69. The third-order valence-corrected chi connectivity index (χ3v) is 4.55. The molecule has 0 aliphatic rings. The molecule has 2 aromatic rings. The van der Waals surface area contributed by atoms with Crippen LogP contribution in [0.25, 0.3) is 0 Å². The van der Waals surface area contributed by atoms with E-state index in [9.17, 15) is 4.79 Å². The summed E-state index contributed by atoms with van der Waals surface area (Å²) in [6.45, 7) is 2.27. The number of hydrogen-bond acceptors (Lipinski definition) is 4. The molecule has 0 spiro atoms. The molecule has 4 nitrogen and oxygen atoms in total. The van der Waals surface area contributed by atoms with Crippen molar-refractivity contribution >= 4 is 44.8 Å². The molecule has 1 amide bonds. The number of benzene rings is 1. The van der Waals surface area contributed by atoms with Crippen LogP contribution < -0.4 is 16.0 Å². The van der Waals surface area contributed by atoms with Crippen molar-refractivity contribution in [3.05, 3.63) is 49.1 Å². The lowest BCUT2D eigenvalue weighted by molar-refractivity contribution is 0.0957. The summed E-state index contributed by atoms with van der Waals surface area (Å²) in [4.78, 5) is 13.0. The molecule has 106 valence electrons. The molecule has 1 aromatic carbocycles. The second-order valence-corrected chi connectivity index (χ2v) is 6.61. The number of nitrogens with one attached hydrogen (secondary N) is 1. The van der Waals surface area contributed by atoms with Crippen LogP contribution in [0, 0.1) is 6.92 Å². The fourth-order valence-corrected chi connectivity index (χ4v) is 3.03. The first-order chi connectivity index (χ1) is 9.51. The van der Waals surface area contributed by atoms with Crippen LogP contribution >= 0.6 is 38.9 Å². The van der Waals surface area contributed by atoms with Gasteiger partial charge in [0, 0.05) is 14.9 Å². The van der Waals surface area contributed by atoms with Crippen molar-refractivity contribution in [3.63, 3.8) is 0 Å². The van der Waals surface area contributed by atoms with E-state index in [1.54, 1.807) is 18.2 Å². The number of thiophene rings is 1. The van der Waals surface area contributed by atoms with Gasteiger partial charge in [-0.15, -0.1) is 11.3 Å². The maximum atomic E-state index is 11.5. The predicted octanol–water partition coefficient (Wildman–Crippen LogP) is 3.65. The van der Waals surface area contributed by atoms with Gasteiger partial charge in [0.05, 0.1) is 9.90 Å². The number of hydrazine groups is 1. The van der Waals surface area contributed by atoms with Crippen molar-refractivity contribution in [2.45, 2.75) is 13.5 Å². The molecule has 0 saturated heterocycles. The molecule has 0 saturated carbocycles. The Morgan fingerprint density at radius 1 is 1.50 bits per heavy atom. The highest BCUT2D eigenvalue weighted by atomic mass is 79.9. The number of hydrogen-bond donors (Lipinski definition) is 2. The topological polar surface area (TPSA) is 64.4 Å². The van der Waals surface area contributed by atoms with Crippen molar-refractivity contribution in [3.8, 4) is 5.75 Å². The molecule has 3 N–H and O–H groups in total. The lowest BCUT2D eigenvalue weighted by atomic mass is 10.2. The third-order valence-electron chi connectivity index (χ3n) is 2.65. The average molecular weight is 376 g/mol. The second kappa shape index (κ2) is 6.58. The van der Waals surface area contributed by atoms with Crippen LogP contribution in [0.5, 0.6) is 5.75 Å². The van der Waals surface area contributed by atoms with Gasteiger partial charge in [0.2, 0.25) is 0 Å². The molecule has 0 fully saturated rings. The molecule has 2 rings (SSSR count). The zero-order valence-corrected chi connectivity index (χ0v) is 13.7. The van der Waals surface area contributed by atoms with Crippen LogP contribution in [-0.4, -0.2) is 5.91 Å². The summed E-state index contributed by atoms with van der Waals surface area (Å²) in [7, 11) is 0. The largest absolute Gasteiger partial charge is 0.487 e. The van der Waals surface area contributed by atoms with Gasteiger partial charge in [-0.2, -0.15) is 0 Å². The van der Waals surface area contributed by atoms with Crippen molar-refractivity contribution < 1.29 is 9.53 Å². The quantitative estimate of drug-likeness (QED) is 0.487. The normalized spacial score (nSPS) is 10.4. The monoisotopic (exact) mass is 374 g/mol. The third kappa shape index (κ3) is 3.52. The first-order valence-corrected chi connectivity index (χ1v) is 7.68. The zero-order valence-electron chi connectivity index (χ0n) is 10.6. The molecule has 0 atom stereocenters. The number of carbonyl (C=O) groups is 1. The van der Waals surface area contributed by atoms with Crippen LogP contribution in [0.3, 0.4) is 0 Å². The first kappa shape index (κ1) is 15.3. The Morgan fingerprint density at radius 2 is 2.25 bits per heavy atom. The molecule has 20 heavy (non-hydrogen) atoms. The van der Waals surface area contributed by atoms with Gasteiger partial charge in [0.1, 0.15) is 12.4 Å². The van der Waals surface area contributed by atoms with E-state index in [0.29, 0.717) is 22.3 Å². The highest BCUT2D eigenvalue weighted by Gasteiger charge is 2.12. The Balaban J connectivity index is 2.13. The summed E-state index contributed by atoms with van der Waals surface area (Å²) in [5.74, 6) is 5.41. The number of nitrogens with two attached hydrogens (primary N) is 1. The number of carbonyl (C=O) groups excluding carboxylic acids is 1. The lowest BCUT2D eigenvalue weighted by Crippen LogP contribution is -2.29. The molecule has 0 bridgehead atoms. The summed E-state index contributed by atoms with van der Waals surface area (Å²) in [5.41, 5.74) is 3.05. The van der Waals surface area contributed by atoms with E-state index in [-0.39, 0.29) is 5.91 Å². The van der Waals surface area contributed by atoms with Gasteiger partial charge in [0.15, 0.2) is 0 Å². The summed E-state index contributed by atoms with van der Waals surface area (Å²) in [6, 6.07) is 7.18. The number of amides is 1. The van der Waals surface area contributed by atoms with Gasteiger partial charge in [-0.05, 0) is 31.2 Å². The maximum absolute atomic E-state index is 11.5. The van der Waals surface area contributed by atoms with Crippen LogP contribution in [0.4, 0.5) is 0 Å². The molecule has 0 unspecified atom stereocenters. The summed E-state index contributed by atoms with van der Waals surface area (Å²) >= 11 is 10.8. The van der Waals surface area contributed by atoms with Crippen molar-refractivity contribution in [1.82, 2.24) is 5.43 Å². The molecular weight excluding hydrogens is 364 g/mol. The minimum atomic E-state index is -0.301. The minimum Gasteiger partial charge on any atom is -0.487 e. The van der Waals surface area contributed by atoms with E-state index in [1.807, 2.05) is 13.0 Å². The fraction of sp³-hybridized carbons (Fsp3) is 0.154. The number of rotatable bonds is 4. The summed E-state index contributed by atoms with van der Waals surface area (Å²) in [5, 5.41) is 0.543. The van der Waals surface area contributed by atoms with E-state index in [0.717, 1.165) is 14.9 Å². The minimum absolute atomic E-state index is 0.301. The molecule has 0 radical (unpaired) electrons. The van der Waals surface area contributed by atoms with Crippen LogP contribution in [-0.2, 0) is 6.61 Å². The van der Waals surface area contributed by atoms with E-state index in [4.69, 9.17) is 22.2 Å². The molecule has 1 heterocycles. The molecular formula is C13H12BrClN2O2S. The Morgan fingerprint density at radius 3 is 2.95 bits per heavy atom. The van der Waals surface area contributed by atoms with Gasteiger partial charge in [-0.1, -0.05) is 27.5 Å². The summed E-state index contributed by atoms with van der Waals surface area (Å²) in [6.07, 6.45) is 0. The van der Waals surface area contributed by atoms with E-state index >= 15 is 0 Å². The lowest BCUT2D eigenvalue weighted by Gasteiger charge is -2.08. The molecule has 0 aliphatic carbocycles. The number of ether oxygens (including phenoxy) is 1. The SMILES string of the molecule is Cc1sc(C(=O)NN)cc1COc1cc(Br)ccc1Cl. The maximum Gasteiger partial charge on any atom is 0.275 e. The standard InChI is InChI=1S/C13H12BrClN2O2S/c1-7-8(4-12(20-7)13(18)17-16)6-19-11-5-9(14)2-3-10(11)15/h2-5H,6,16H2,1H3,(H,17,18). The Hall–Kier alpha value is -1.08. The van der Waals surface area contributed by atoms with Gasteiger partial charge in [0.25, 0.3) is 5.91 Å². The van der Waals surface area contributed by atoms with E-state index < -0.39 is 0 Å². The number of nitrogen functional groups attached to an aromatic ring is 1. The van der Waals surface area contributed by atoms with Crippen molar-refractivity contribution in [2.24, 2.45) is 5.84 Å². The number of halogens is 2. The van der Waals surface area contributed by atoms with Crippen molar-refractivity contribution in [2.75, 3.05) is 0 Å². The highest BCUT2D eigenvalue weighted by molar-refractivity contribution is 9.10. The van der Waals surface area contributed by atoms with E-state index in [2.05, 4.69) is 21.4 Å². The van der Waals surface area contributed by atoms with Gasteiger partial charge in [-0.3, -0.25) is 10.2 Å². The predicted molar refractivity (Wildman–Crippen MR) is 84.2 cm³/mol. The molecule has 7 heteroatoms.